The Morgan fingerprint density at radius 1 is 1.28 bits per heavy atom. The lowest BCUT2D eigenvalue weighted by molar-refractivity contribution is 0.0162. The van der Waals surface area contributed by atoms with Gasteiger partial charge in [0.25, 0.3) is 11.5 Å². The highest BCUT2D eigenvalue weighted by atomic mass is 16.5. The number of rotatable bonds is 5. The van der Waals surface area contributed by atoms with Crippen LogP contribution in [0, 0.1) is 6.92 Å². The van der Waals surface area contributed by atoms with Gasteiger partial charge in [0, 0.05) is 25.8 Å². The number of pyridine rings is 1. The van der Waals surface area contributed by atoms with Gasteiger partial charge in [-0.2, -0.15) is 0 Å². The summed E-state index contributed by atoms with van der Waals surface area (Å²) in [5, 5.41) is 2.91. The van der Waals surface area contributed by atoms with E-state index < -0.39 is 0 Å². The lowest BCUT2D eigenvalue weighted by Gasteiger charge is -2.35. The quantitative estimate of drug-likeness (QED) is 0.864. The van der Waals surface area contributed by atoms with Gasteiger partial charge >= 0.3 is 0 Å². The SMILES string of the molecule is Cc1cccc([C@H](CNC(=O)c2ccc[nH]c2=O)N2CCOCC2)c1. The predicted molar refractivity (Wildman–Crippen MR) is 95.7 cm³/mol. The highest BCUT2D eigenvalue weighted by Gasteiger charge is 2.23. The van der Waals surface area contributed by atoms with E-state index in [-0.39, 0.29) is 23.1 Å². The lowest BCUT2D eigenvalue weighted by Crippen LogP contribution is -2.44. The molecule has 1 aromatic heterocycles. The molecule has 2 heterocycles. The normalized spacial score (nSPS) is 16.4. The van der Waals surface area contributed by atoms with Crippen LogP contribution in [0.3, 0.4) is 0 Å². The van der Waals surface area contributed by atoms with Crippen molar-refractivity contribution in [2.24, 2.45) is 0 Å². The van der Waals surface area contributed by atoms with Crippen LogP contribution in [0.1, 0.15) is 27.5 Å². The third-order valence-corrected chi connectivity index (χ3v) is 4.43. The Morgan fingerprint density at radius 2 is 2.08 bits per heavy atom. The molecule has 6 nitrogen and oxygen atoms in total. The molecule has 2 aromatic rings. The topological polar surface area (TPSA) is 74.4 Å². The smallest absolute Gasteiger partial charge is 0.260 e. The van der Waals surface area contributed by atoms with E-state index >= 15 is 0 Å². The van der Waals surface area contributed by atoms with Gasteiger partial charge in [-0.25, -0.2) is 0 Å². The number of aromatic amines is 1. The van der Waals surface area contributed by atoms with Crippen LogP contribution in [-0.2, 0) is 4.74 Å². The minimum atomic E-state index is -0.376. The Balaban J connectivity index is 1.76. The number of nitrogens with one attached hydrogen (secondary N) is 2. The van der Waals surface area contributed by atoms with Gasteiger partial charge in [-0.15, -0.1) is 0 Å². The van der Waals surface area contributed by atoms with E-state index in [1.165, 1.54) is 17.8 Å². The largest absolute Gasteiger partial charge is 0.379 e. The van der Waals surface area contributed by atoms with Crippen molar-refractivity contribution < 1.29 is 9.53 Å². The van der Waals surface area contributed by atoms with Crippen LogP contribution in [0.2, 0.25) is 0 Å². The minimum absolute atomic E-state index is 0.0514. The molecule has 1 saturated heterocycles. The number of H-pyrrole nitrogens is 1. The fourth-order valence-electron chi connectivity index (χ4n) is 3.11. The molecule has 1 aliphatic heterocycles. The highest BCUT2D eigenvalue weighted by molar-refractivity contribution is 5.93. The molecular weight excluding hydrogens is 318 g/mol. The third-order valence-electron chi connectivity index (χ3n) is 4.43. The maximum absolute atomic E-state index is 12.4. The summed E-state index contributed by atoms with van der Waals surface area (Å²) in [7, 11) is 0. The number of aromatic nitrogens is 1. The van der Waals surface area contributed by atoms with E-state index in [1.807, 2.05) is 6.07 Å². The summed E-state index contributed by atoms with van der Waals surface area (Å²) < 4.78 is 5.45. The van der Waals surface area contributed by atoms with Crippen molar-refractivity contribution in [3.63, 3.8) is 0 Å². The zero-order chi connectivity index (χ0) is 17.6. The molecule has 0 radical (unpaired) electrons. The van der Waals surface area contributed by atoms with E-state index in [1.54, 1.807) is 6.07 Å². The monoisotopic (exact) mass is 341 g/mol. The average Bonchev–Trinajstić information content (AvgIpc) is 2.63. The summed E-state index contributed by atoms with van der Waals surface area (Å²) in [4.78, 5) is 29.0. The Labute approximate surface area is 146 Å². The van der Waals surface area contributed by atoms with Gasteiger partial charge < -0.3 is 15.0 Å². The summed E-state index contributed by atoms with van der Waals surface area (Å²) in [5.74, 6) is -0.354. The molecule has 0 spiro atoms. The Kier molecular flexibility index (Phi) is 5.63. The van der Waals surface area contributed by atoms with Crippen molar-refractivity contribution in [3.8, 4) is 0 Å². The third kappa shape index (κ3) is 4.35. The van der Waals surface area contributed by atoms with Crippen LogP contribution < -0.4 is 10.9 Å². The summed E-state index contributed by atoms with van der Waals surface area (Å²) in [6.07, 6.45) is 1.52. The van der Waals surface area contributed by atoms with Crippen LogP contribution in [-0.4, -0.2) is 48.6 Å². The van der Waals surface area contributed by atoms with Crippen LogP contribution in [0.15, 0.2) is 47.4 Å². The first-order chi connectivity index (χ1) is 12.1. The van der Waals surface area contributed by atoms with Crippen molar-refractivity contribution in [2.45, 2.75) is 13.0 Å². The van der Waals surface area contributed by atoms with Gasteiger partial charge in [0.1, 0.15) is 5.56 Å². The number of aryl methyl sites for hydroxylation is 1. The number of ether oxygens (including phenoxy) is 1. The molecule has 3 rings (SSSR count). The van der Waals surface area contributed by atoms with Crippen molar-refractivity contribution in [2.75, 3.05) is 32.8 Å². The number of morpholine rings is 1. The fourth-order valence-corrected chi connectivity index (χ4v) is 3.11. The molecule has 1 atom stereocenters. The predicted octanol–water partition coefficient (Wildman–Crippen LogP) is 1.49. The average molecular weight is 341 g/mol. The second-order valence-corrected chi connectivity index (χ2v) is 6.20. The van der Waals surface area contributed by atoms with Gasteiger partial charge in [0.05, 0.1) is 19.3 Å². The molecule has 1 aliphatic rings. The van der Waals surface area contributed by atoms with E-state index in [4.69, 9.17) is 4.74 Å². The first-order valence-electron chi connectivity index (χ1n) is 8.49. The second-order valence-electron chi connectivity index (χ2n) is 6.20. The molecule has 0 saturated carbocycles. The molecular formula is C19H23N3O3. The number of hydrogen-bond acceptors (Lipinski definition) is 4. The van der Waals surface area contributed by atoms with Gasteiger partial charge in [0.2, 0.25) is 0 Å². The maximum atomic E-state index is 12.4. The summed E-state index contributed by atoms with van der Waals surface area (Å²) in [6, 6.07) is 11.5. The lowest BCUT2D eigenvalue weighted by atomic mass is 10.0. The molecule has 25 heavy (non-hydrogen) atoms. The van der Waals surface area contributed by atoms with Gasteiger partial charge in [-0.3, -0.25) is 14.5 Å². The van der Waals surface area contributed by atoms with Crippen LogP contribution in [0.25, 0.3) is 0 Å². The van der Waals surface area contributed by atoms with Crippen LogP contribution in [0.4, 0.5) is 0 Å². The van der Waals surface area contributed by atoms with Crippen molar-refractivity contribution in [3.05, 3.63) is 69.6 Å². The molecule has 132 valence electrons. The van der Waals surface area contributed by atoms with Crippen molar-refractivity contribution in [1.82, 2.24) is 15.2 Å². The summed E-state index contributed by atoms with van der Waals surface area (Å²) >= 11 is 0. The van der Waals surface area contributed by atoms with E-state index in [2.05, 4.69) is 40.3 Å². The minimum Gasteiger partial charge on any atom is -0.379 e. The maximum Gasteiger partial charge on any atom is 0.260 e. The molecule has 2 N–H and O–H groups in total. The number of amides is 1. The van der Waals surface area contributed by atoms with Crippen molar-refractivity contribution in [1.29, 1.82) is 0 Å². The van der Waals surface area contributed by atoms with Crippen LogP contribution >= 0.6 is 0 Å². The number of carbonyl (C=O) groups is 1. The van der Waals surface area contributed by atoms with Crippen molar-refractivity contribution >= 4 is 5.91 Å². The standard InChI is InChI=1S/C19H23N3O3/c1-14-4-2-5-15(12-14)17(22-8-10-25-11-9-22)13-21-19(24)16-6-3-7-20-18(16)23/h2-7,12,17H,8-11,13H2,1H3,(H,20,23)(H,21,24)/t17-/m0/s1. The Bertz CT molecular complexity index is 781. The van der Waals surface area contributed by atoms with E-state index in [0.717, 1.165) is 18.7 Å². The van der Waals surface area contributed by atoms with Crippen LogP contribution in [0.5, 0.6) is 0 Å². The Morgan fingerprint density at radius 3 is 2.80 bits per heavy atom. The number of benzene rings is 1. The van der Waals surface area contributed by atoms with Gasteiger partial charge in [-0.1, -0.05) is 29.8 Å². The molecule has 1 fully saturated rings. The van der Waals surface area contributed by atoms with E-state index in [9.17, 15) is 9.59 Å². The zero-order valence-corrected chi connectivity index (χ0v) is 14.3. The Hall–Kier alpha value is -2.44. The number of nitrogens with zero attached hydrogens (tertiary/aromatic N) is 1. The molecule has 1 amide bonds. The molecule has 1 aromatic carbocycles. The van der Waals surface area contributed by atoms with E-state index in [0.29, 0.717) is 19.8 Å². The first kappa shape index (κ1) is 17.4. The number of carbonyl (C=O) groups excluding carboxylic acids is 1. The fraction of sp³-hybridized carbons (Fsp3) is 0.368. The summed E-state index contributed by atoms with van der Waals surface area (Å²) in [5.41, 5.74) is 2.09. The van der Waals surface area contributed by atoms with Gasteiger partial charge in [0.15, 0.2) is 0 Å². The van der Waals surface area contributed by atoms with Gasteiger partial charge in [-0.05, 0) is 24.6 Å². The first-order valence-corrected chi connectivity index (χ1v) is 8.49. The molecule has 0 bridgehead atoms. The summed E-state index contributed by atoms with van der Waals surface area (Å²) in [6.45, 7) is 5.52. The number of hydrogen-bond donors (Lipinski definition) is 2. The second kappa shape index (κ2) is 8.09. The highest BCUT2D eigenvalue weighted by Crippen LogP contribution is 2.22. The molecule has 0 aliphatic carbocycles. The molecule has 6 heteroatoms. The molecule has 0 unspecified atom stereocenters. The zero-order valence-electron chi connectivity index (χ0n) is 14.3.